The number of imidazole rings is 1. The second kappa shape index (κ2) is 3.73. The van der Waals surface area contributed by atoms with Gasteiger partial charge in [0, 0.05) is 6.07 Å². The number of rotatable bonds is 0. The summed E-state index contributed by atoms with van der Waals surface area (Å²) < 4.78 is 37.4. The molecular formula is C8H4ClF3N4O2. The van der Waals surface area contributed by atoms with Crippen LogP contribution in [0.2, 0.25) is 5.15 Å². The van der Waals surface area contributed by atoms with Crippen LogP contribution in [0.4, 0.5) is 13.2 Å². The number of aliphatic hydroxyl groups excluding tert-OH is 1. The number of aromatic nitrogens is 3. The molecule has 0 spiro atoms. The van der Waals surface area contributed by atoms with E-state index in [1.54, 1.807) is 0 Å². The Hall–Kier alpha value is -2.03. The number of halogens is 4. The summed E-state index contributed by atoms with van der Waals surface area (Å²) in [6.45, 7) is 0. The molecule has 0 fully saturated rings. The smallest absolute Gasteiger partial charge is 0.451 e. The highest BCUT2D eigenvalue weighted by atomic mass is 35.5. The van der Waals surface area contributed by atoms with Crippen molar-refractivity contribution in [3.05, 3.63) is 32.5 Å². The quantitative estimate of drug-likeness (QED) is 0.598. The van der Waals surface area contributed by atoms with Gasteiger partial charge in [-0.05, 0) is 0 Å². The van der Waals surface area contributed by atoms with Crippen molar-refractivity contribution in [2.75, 3.05) is 0 Å². The summed E-state index contributed by atoms with van der Waals surface area (Å²) in [5.41, 5.74) is -2.04. The van der Waals surface area contributed by atoms with Gasteiger partial charge < -0.3 is 10.1 Å². The van der Waals surface area contributed by atoms with Crippen LogP contribution in [0.5, 0.6) is 0 Å². The number of fused-ring (bicyclic) bond motifs is 1. The van der Waals surface area contributed by atoms with E-state index in [1.165, 1.54) is 0 Å². The third-order valence-corrected chi connectivity index (χ3v) is 2.29. The predicted octanol–water partition coefficient (Wildman–Crippen LogP) is 0.103. The standard InChI is InChI=1S/C8H4ClF3N4O2/c9-2-1-3-15-4(5(17)8(10,11)12)6(18)16(3)7(13)14-2/h1,13,15,17H/b5-4-,13-7?. The highest BCUT2D eigenvalue weighted by molar-refractivity contribution is 6.29. The average Bonchev–Trinajstić information content (AvgIpc) is 2.53. The highest BCUT2D eigenvalue weighted by Crippen LogP contribution is 2.22. The Kier molecular flexibility index (Phi) is 2.58. The molecule has 0 saturated heterocycles. The van der Waals surface area contributed by atoms with E-state index >= 15 is 0 Å². The Labute approximate surface area is 100 Å². The molecule has 0 bridgehead atoms. The van der Waals surface area contributed by atoms with Crippen molar-refractivity contribution in [2.24, 2.45) is 0 Å². The lowest BCUT2D eigenvalue weighted by atomic mass is 10.4. The third kappa shape index (κ3) is 1.82. The summed E-state index contributed by atoms with van der Waals surface area (Å²) in [5.74, 6) is -2.06. The van der Waals surface area contributed by atoms with Crippen molar-refractivity contribution in [1.82, 2.24) is 14.4 Å². The van der Waals surface area contributed by atoms with Crippen LogP contribution in [0.15, 0.2) is 10.9 Å². The van der Waals surface area contributed by atoms with E-state index in [0.717, 1.165) is 6.07 Å². The topological polar surface area (TPSA) is 94.2 Å². The van der Waals surface area contributed by atoms with Gasteiger partial charge in [-0.1, -0.05) is 11.6 Å². The van der Waals surface area contributed by atoms with E-state index in [0.29, 0.717) is 4.40 Å². The number of H-pyrrole nitrogens is 1. The maximum absolute atomic E-state index is 12.3. The van der Waals surface area contributed by atoms with Crippen molar-refractivity contribution in [3.63, 3.8) is 0 Å². The zero-order valence-electron chi connectivity index (χ0n) is 8.34. The molecule has 0 aliphatic heterocycles. The van der Waals surface area contributed by atoms with Gasteiger partial charge in [-0.2, -0.15) is 13.2 Å². The maximum Gasteiger partial charge on any atom is 0.451 e. The van der Waals surface area contributed by atoms with Crippen LogP contribution in [0.3, 0.4) is 0 Å². The van der Waals surface area contributed by atoms with E-state index < -0.39 is 28.5 Å². The number of hydrogen-bond acceptors (Lipinski definition) is 4. The summed E-state index contributed by atoms with van der Waals surface area (Å²) in [6, 6.07) is 1.06. The monoisotopic (exact) mass is 280 g/mol. The molecule has 0 atom stereocenters. The lowest BCUT2D eigenvalue weighted by Crippen LogP contribution is -2.36. The first-order valence-corrected chi connectivity index (χ1v) is 4.76. The molecule has 2 rings (SSSR count). The molecule has 0 aliphatic carbocycles. The van der Waals surface area contributed by atoms with Gasteiger partial charge in [0.1, 0.15) is 10.8 Å². The predicted molar refractivity (Wildman–Crippen MR) is 54.0 cm³/mol. The first-order valence-electron chi connectivity index (χ1n) is 4.38. The molecule has 6 nitrogen and oxygen atoms in total. The summed E-state index contributed by atoms with van der Waals surface area (Å²) in [6.07, 6.45) is -5.07. The molecule has 96 valence electrons. The summed E-state index contributed by atoms with van der Waals surface area (Å²) in [7, 11) is 0. The molecule has 0 saturated carbocycles. The molecule has 3 N–H and O–H groups in total. The molecule has 2 aromatic heterocycles. The molecule has 2 aromatic rings. The van der Waals surface area contributed by atoms with Gasteiger partial charge in [-0.25, -0.2) is 9.38 Å². The largest absolute Gasteiger partial charge is 0.503 e. The minimum atomic E-state index is -5.07. The summed E-state index contributed by atoms with van der Waals surface area (Å²) in [5, 5.41) is 15.0. The second-order valence-corrected chi connectivity index (χ2v) is 3.66. The lowest BCUT2D eigenvalue weighted by molar-refractivity contribution is -0.0899. The van der Waals surface area contributed by atoms with Crippen LogP contribution in [0.1, 0.15) is 0 Å². The Bertz CT molecular complexity index is 791. The molecule has 10 heteroatoms. The van der Waals surface area contributed by atoms with Crippen LogP contribution in [0.25, 0.3) is 11.4 Å². The SMILES string of the molecule is N=c1nc(Cl)cc2[nH]/c(=C(\O)C(F)(F)F)c(=O)n12. The summed E-state index contributed by atoms with van der Waals surface area (Å²) >= 11 is 5.50. The van der Waals surface area contributed by atoms with Crippen LogP contribution in [-0.2, 0) is 0 Å². The van der Waals surface area contributed by atoms with Gasteiger partial charge in [-0.3, -0.25) is 10.2 Å². The van der Waals surface area contributed by atoms with E-state index in [4.69, 9.17) is 22.1 Å². The Morgan fingerprint density at radius 3 is 2.72 bits per heavy atom. The van der Waals surface area contributed by atoms with Gasteiger partial charge in [0.2, 0.25) is 11.4 Å². The van der Waals surface area contributed by atoms with Gasteiger partial charge in [-0.15, -0.1) is 0 Å². The minimum Gasteiger partial charge on any atom is -0.503 e. The lowest BCUT2D eigenvalue weighted by Gasteiger charge is -2.01. The third-order valence-electron chi connectivity index (χ3n) is 2.10. The van der Waals surface area contributed by atoms with Crippen LogP contribution in [0, 0.1) is 5.41 Å². The summed E-state index contributed by atoms with van der Waals surface area (Å²) in [4.78, 5) is 17.0. The van der Waals surface area contributed by atoms with Crippen molar-refractivity contribution in [3.8, 4) is 0 Å². The fraction of sp³-hybridized carbons (Fsp3) is 0.125. The number of nitrogens with zero attached hydrogens (tertiary/aromatic N) is 2. The van der Waals surface area contributed by atoms with Crippen LogP contribution >= 0.6 is 11.6 Å². The van der Waals surface area contributed by atoms with E-state index in [1.807, 2.05) is 0 Å². The Balaban J connectivity index is 3.03. The fourth-order valence-electron chi connectivity index (χ4n) is 1.37. The number of hydrogen-bond donors (Lipinski definition) is 3. The number of aromatic amines is 1. The van der Waals surface area contributed by atoms with Crippen molar-refractivity contribution < 1.29 is 18.3 Å². The maximum atomic E-state index is 12.3. The van der Waals surface area contributed by atoms with Gasteiger partial charge in [0.15, 0.2) is 5.35 Å². The van der Waals surface area contributed by atoms with Crippen molar-refractivity contribution in [2.45, 2.75) is 6.18 Å². The number of alkyl halides is 3. The highest BCUT2D eigenvalue weighted by Gasteiger charge is 2.36. The van der Waals surface area contributed by atoms with Crippen LogP contribution in [-0.4, -0.2) is 25.7 Å². The average molecular weight is 281 g/mol. The molecule has 2 heterocycles. The van der Waals surface area contributed by atoms with E-state index in [-0.39, 0.29) is 10.8 Å². The molecule has 18 heavy (non-hydrogen) atoms. The first kappa shape index (κ1) is 12.4. The normalized spacial score (nSPS) is 14.0. The van der Waals surface area contributed by atoms with Crippen molar-refractivity contribution in [1.29, 1.82) is 5.41 Å². The molecule has 0 aromatic carbocycles. The van der Waals surface area contributed by atoms with Crippen molar-refractivity contribution >= 4 is 23.0 Å². The van der Waals surface area contributed by atoms with E-state index in [9.17, 15) is 18.0 Å². The van der Waals surface area contributed by atoms with Crippen LogP contribution < -0.4 is 16.5 Å². The van der Waals surface area contributed by atoms with Gasteiger partial charge in [0.05, 0.1) is 0 Å². The Morgan fingerprint density at radius 1 is 1.56 bits per heavy atom. The zero-order chi connectivity index (χ0) is 13.7. The molecule has 0 amide bonds. The van der Waals surface area contributed by atoms with Gasteiger partial charge >= 0.3 is 6.18 Å². The first-order chi connectivity index (χ1) is 8.21. The molecule has 0 radical (unpaired) electrons. The fourth-order valence-corrected chi connectivity index (χ4v) is 1.55. The second-order valence-electron chi connectivity index (χ2n) is 3.27. The number of nitrogens with one attached hydrogen (secondary N) is 2. The molecule has 0 unspecified atom stereocenters. The van der Waals surface area contributed by atoms with Gasteiger partial charge in [0.25, 0.3) is 5.56 Å². The number of aliphatic hydroxyl groups is 1. The Morgan fingerprint density at radius 2 is 2.17 bits per heavy atom. The zero-order valence-corrected chi connectivity index (χ0v) is 9.10. The minimum absolute atomic E-state index is 0.167. The molecular weight excluding hydrogens is 277 g/mol. The van der Waals surface area contributed by atoms with E-state index in [2.05, 4.69) is 9.97 Å². The molecule has 0 aliphatic rings.